The number of nitrogens with zero attached hydrogens (tertiary/aromatic N) is 1. The van der Waals surface area contributed by atoms with Crippen molar-refractivity contribution >= 4 is 11.6 Å². The number of carbonyl (C=O) groups excluding carboxylic acids is 2. The fraction of sp³-hybridized carbons (Fsp3) is 0.227. The van der Waals surface area contributed by atoms with Crippen LogP contribution in [-0.4, -0.2) is 34.0 Å². The zero-order chi connectivity index (χ0) is 20.3. The van der Waals surface area contributed by atoms with E-state index in [0.717, 1.165) is 0 Å². The zero-order valence-corrected chi connectivity index (χ0v) is 15.6. The molecule has 0 amide bonds. The predicted molar refractivity (Wildman–Crippen MR) is 101 cm³/mol. The van der Waals surface area contributed by atoms with Gasteiger partial charge in [-0.05, 0) is 19.3 Å². The van der Waals surface area contributed by atoms with Crippen molar-refractivity contribution in [1.82, 2.24) is 5.16 Å². The lowest BCUT2D eigenvalue weighted by atomic mass is 9.78. The van der Waals surface area contributed by atoms with E-state index in [1.165, 1.54) is 7.11 Å². The number of phenolic OH excluding ortho intramolecular Hbond substituents is 1. The van der Waals surface area contributed by atoms with Gasteiger partial charge in [-0.15, -0.1) is 0 Å². The van der Waals surface area contributed by atoms with Gasteiger partial charge in [0.05, 0.1) is 24.3 Å². The highest BCUT2D eigenvalue weighted by Crippen LogP contribution is 2.49. The molecule has 0 radical (unpaired) electrons. The second kappa shape index (κ2) is 6.28. The number of rotatable bonds is 2. The summed E-state index contributed by atoms with van der Waals surface area (Å²) in [6.45, 7) is 0. The normalized spacial score (nSPS) is 17.5. The Hall–Kier alpha value is -3.45. The number of hydrogen-bond acceptors (Lipinski definition) is 7. The van der Waals surface area contributed by atoms with Crippen molar-refractivity contribution in [2.45, 2.75) is 25.4 Å². The van der Waals surface area contributed by atoms with Gasteiger partial charge in [-0.25, -0.2) is 0 Å². The minimum Gasteiger partial charge on any atom is -0.507 e. The maximum atomic E-state index is 13.4. The Bertz CT molecular complexity index is 1180. The van der Waals surface area contributed by atoms with E-state index in [9.17, 15) is 19.8 Å². The van der Waals surface area contributed by atoms with E-state index in [1.54, 1.807) is 24.3 Å². The van der Waals surface area contributed by atoms with E-state index in [0.29, 0.717) is 36.0 Å². The topological polar surface area (TPSA) is 110 Å². The number of aliphatic hydroxyl groups excluding tert-OH is 1. The highest BCUT2D eigenvalue weighted by atomic mass is 16.5. The van der Waals surface area contributed by atoms with Crippen LogP contribution >= 0.6 is 0 Å². The Kier molecular flexibility index (Phi) is 3.82. The number of ether oxygens (including phenoxy) is 1. The number of carbonyl (C=O) groups is 2. The number of hydrogen-bond donors (Lipinski definition) is 2. The van der Waals surface area contributed by atoms with Crippen molar-refractivity contribution in [3.05, 3.63) is 63.9 Å². The summed E-state index contributed by atoms with van der Waals surface area (Å²) >= 11 is 0. The summed E-state index contributed by atoms with van der Waals surface area (Å²) in [6, 6.07) is 8.92. The molecule has 0 spiro atoms. The molecule has 1 unspecified atom stereocenters. The number of benzene rings is 2. The van der Waals surface area contributed by atoms with E-state index >= 15 is 0 Å². The van der Waals surface area contributed by atoms with Crippen molar-refractivity contribution in [3.8, 4) is 22.8 Å². The molecule has 0 fully saturated rings. The van der Waals surface area contributed by atoms with Gasteiger partial charge in [-0.1, -0.05) is 35.5 Å². The van der Waals surface area contributed by atoms with Gasteiger partial charge in [-0.3, -0.25) is 9.59 Å². The second-order valence-electron chi connectivity index (χ2n) is 7.19. The molecule has 1 aromatic heterocycles. The van der Waals surface area contributed by atoms with Crippen LogP contribution < -0.4 is 4.74 Å². The Balaban J connectivity index is 1.81. The maximum Gasteiger partial charge on any atom is 0.236 e. The molecule has 5 rings (SSSR count). The largest absolute Gasteiger partial charge is 0.507 e. The van der Waals surface area contributed by atoms with Crippen LogP contribution in [0.15, 0.2) is 34.9 Å². The van der Waals surface area contributed by atoms with Crippen LogP contribution in [0.3, 0.4) is 0 Å². The number of aliphatic hydroxyl groups is 1. The highest BCUT2D eigenvalue weighted by molar-refractivity contribution is 6.31. The summed E-state index contributed by atoms with van der Waals surface area (Å²) in [6.07, 6.45) is 0.726. The lowest BCUT2D eigenvalue weighted by molar-refractivity contribution is 0.0947. The number of methoxy groups -OCH3 is 1. The first kappa shape index (κ1) is 17.6. The minimum absolute atomic E-state index is 0.0300. The van der Waals surface area contributed by atoms with E-state index in [1.807, 2.05) is 6.07 Å². The van der Waals surface area contributed by atoms with Crippen LogP contribution in [0.1, 0.15) is 62.1 Å². The fourth-order valence-corrected chi connectivity index (χ4v) is 4.34. The summed E-state index contributed by atoms with van der Waals surface area (Å²) in [5.41, 5.74) is 1.51. The molecule has 7 heteroatoms. The van der Waals surface area contributed by atoms with Crippen molar-refractivity contribution in [1.29, 1.82) is 0 Å². The molecule has 1 heterocycles. The average molecular weight is 391 g/mol. The van der Waals surface area contributed by atoms with Gasteiger partial charge < -0.3 is 19.5 Å². The first-order chi connectivity index (χ1) is 14.0. The number of fused-ring (bicyclic) bond motifs is 3. The monoisotopic (exact) mass is 391 g/mol. The Morgan fingerprint density at radius 2 is 1.86 bits per heavy atom. The molecule has 2 aromatic carbocycles. The van der Waals surface area contributed by atoms with E-state index in [-0.39, 0.29) is 39.6 Å². The maximum absolute atomic E-state index is 13.4. The highest BCUT2D eigenvalue weighted by Gasteiger charge is 2.44. The summed E-state index contributed by atoms with van der Waals surface area (Å²) in [4.78, 5) is 26.7. The third-order valence-electron chi connectivity index (χ3n) is 5.64. The van der Waals surface area contributed by atoms with Crippen LogP contribution in [0.25, 0.3) is 11.3 Å². The van der Waals surface area contributed by atoms with Crippen molar-refractivity contribution in [3.63, 3.8) is 0 Å². The molecule has 0 saturated heterocycles. The van der Waals surface area contributed by atoms with Gasteiger partial charge in [-0.2, -0.15) is 0 Å². The summed E-state index contributed by atoms with van der Waals surface area (Å²) in [5, 5.41) is 25.4. The molecule has 146 valence electrons. The minimum atomic E-state index is -0.885. The molecule has 1 atom stereocenters. The number of aromatic hydroxyl groups is 1. The molecule has 2 N–H and O–H groups in total. The van der Waals surface area contributed by atoms with E-state index in [2.05, 4.69) is 5.16 Å². The molecule has 29 heavy (non-hydrogen) atoms. The smallest absolute Gasteiger partial charge is 0.236 e. The van der Waals surface area contributed by atoms with Gasteiger partial charge in [0.1, 0.15) is 22.8 Å². The quantitative estimate of drug-likeness (QED) is 0.540. The SMILES string of the molecule is COc1c2c(c(O)c3c1C(O)CCC3)C(=O)c1c(-c3ccccc3)noc1C2=O. The molecule has 0 saturated carbocycles. The number of aromatic nitrogens is 1. The number of ketones is 2. The van der Waals surface area contributed by atoms with E-state index in [4.69, 9.17) is 9.26 Å². The molecular weight excluding hydrogens is 374 g/mol. The first-order valence-corrected chi connectivity index (χ1v) is 9.32. The third kappa shape index (κ3) is 2.31. The van der Waals surface area contributed by atoms with Crippen LogP contribution in [0.4, 0.5) is 0 Å². The van der Waals surface area contributed by atoms with Crippen molar-refractivity contribution in [2.75, 3.05) is 7.11 Å². The summed E-state index contributed by atoms with van der Waals surface area (Å²) in [5.74, 6) is -1.50. The summed E-state index contributed by atoms with van der Waals surface area (Å²) in [7, 11) is 1.37. The van der Waals surface area contributed by atoms with Crippen LogP contribution in [0.5, 0.6) is 11.5 Å². The van der Waals surface area contributed by atoms with Gasteiger partial charge in [0.15, 0.2) is 0 Å². The van der Waals surface area contributed by atoms with Gasteiger partial charge in [0.25, 0.3) is 0 Å². The van der Waals surface area contributed by atoms with Crippen molar-refractivity contribution < 1.29 is 29.1 Å². The molecule has 3 aromatic rings. The first-order valence-electron chi connectivity index (χ1n) is 9.32. The zero-order valence-electron chi connectivity index (χ0n) is 15.6. The molecule has 0 bridgehead atoms. The molecule has 2 aliphatic rings. The third-order valence-corrected chi connectivity index (χ3v) is 5.64. The van der Waals surface area contributed by atoms with Gasteiger partial charge >= 0.3 is 0 Å². The number of phenols is 1. The van der Waals surface area contributed by atoms with Crippen LogP contribution in [-0.2, 0) is 6.42 Å². The standard InChI is InChI=1S/C22H17NO6/c1-28-21-13-11(8-5-9-12(13)24)18(25)14-15(21)20(27)22-16(19(14)26)17(23-29-22)10-6-3-2-4-7-10/h2-4,6-7,12,24-25H,5,8-9H2,1H3. The molecule has 0 aliphatic heterocycles. The summed E-state index contributed by atoms with van der Waals surface area (Å²) < 4.78 is 10.7. The Morgan fingerprint density at radius 1 is 1.10 bits per heavy atom. The Labute approximate surface area is 165 Å². The van der Waals surface area contributed by atoms with Gasteiger partial charge in [0.2, 0.25) is 17.3 Å². The van der Waals surface area contributed by atoms with Crippen molar-refractivity contribution in [2.24, 2.45) is 0 Å². The van der Waals surface area contributed by atoms with Crippen LogP contribution in [0.2, 0.25) is 0 Å². The molecule has 7 nitrogen and oxygen atoms in total. The lowest BCUT2D eigenvalue weighted by Gasteiger charge is -2.28. The second-order valence-corrected chi connectivity index (χ2v) is 7.19. The predicted octanol–water partition coefficient (Wildman–Crippen LogP) is 3.20. The molecule has 2 aliphatic carbocycles. The lowest BCUT2D eigenvalue weighted by Crippen LogP contribution is -2.24. The molecular formula is C22H17NO6. The van der Waals surface area contributed by atoms with Gasteiger partial charge in [0, 0.05) is 16.7 Å². The van der Waals surface area contributed by atoms with Crippen LogP contribution in [0, 0.1) is 0 Å². The Morgan fingerprint density at radius 3 is 2.59 bits per heavy atom. The van der Waals surface area contributed by atoms with E-state index < -0.39 is 17.7 Å². The fourth-order valence-electron chi connectivity index (χ4n) is 4.34. The average Bonchev–Trinajstić information content (AvgIpc) is 3.19.